The molecule has 1 heterocycles. The number of anilines is 2. The van der Waals surface area contributed by atoms with Gasteiger partial charge < -0.3 is 10.2 Å². The molecule has 2 aromatic carbocycles. The Morgan fingerprint density at radius 2 is 1.92 bits per heavy atom. The van der Waals surface area contributed by atoms with E-state index in [0.29, 0.717) is 17.1 Å². The van der Waals surface area contributed by atoms with Crippen molar-refractivity contribution in [2.45, 2.75) is 12.5 Å². The van der Waals surface area contributed by atoms with E-state index in [-0.39, 0.29) is 30.0 Å². The number of nitrogens with zero attached hydrogens (tertiary/aromatic N) is 1. The third-order valence-electron chi connectivity index (χ3n) is 4.14. The van der Waals surface area contributed by atoms with Crippen molar-refractivity contribution in [2.24, 2.45) is 0 Å². The zero-order valence-electron chi connectivity index (χ0n) is 13.6. The van der Waals surface area contributed by atoms with Gasteiger partial charge in [0.1, 0.15) is 0 Å². The SMILES string of the molecule is O=C(CNc1cccc(Cl)c1)N(c1ccccc1)[C@H]1CCS(=O)(=O)C1. The Morgan fingerprint density at radius 1 is 1.16 bits per heavy atom. The van der Waals surface area contributed by atoms with E-state index in [1.54, 1.807) is 23.1 Å². The monoisotopic (exact) mass is 378 g/mol. The highest BCUT2D eigenvalue weighted by atomic mass is 35.5. The van der Waals surface area contributed by atoms with Crippen molar-refractivity contribution < 1.29 is 13.2 Å². The van der Waals surface area contributed by atoms with Crippen LogP contribution in [-0.2, 0) is 14.6 Å². The number of nitrogens with one attached hydrogen (secondary N) is 1. The van der Waals surface area contributed by atoms with E-state index in [2.05, 4.69) is 5.32 Å². The summed E-state index contributed by atoms with van der Waals surface area (Å²) in [5.41, 5.74) is 1.45. The summed E-state index contributed by atoms with van der Waals surface area (Å²) in [7, 11) is -3.09. The van der Waals surface area contributed by atoms with Crippen LogP contribution in [0.3, 0.4) is 0 Å². The van der Waals surface area contributed by atoms with Crippen molar-refractivity contribution in [1.82, 2.24) is 0 Å². The van der Waals surface area contributed by atoms with Crippen molar-refractivity contribution in [2.75, 3.05) is 28.3 Å². The van der Waals surface area contributed by atoms with Crippen LogP contribution in [0, 0.1) is 0 Å². The number of carbonyl (C=O) groups is 1. The Morgan fingerprint density at radius 3 is 2.56 bits per heavy atom. The van der Waals surface area contributed by atoms with Gasteiger partial charge in [-0.15, -0.1) is 0 Å². The minimum Gasteiger partial charge on any atom is -0.376 e. The standard InChI is InChI=1S/C18H19ClN2O3S/c19-14-5-4-6-15(11-14)20-12-18(22)21(16-7-2-1-3-8-16)17-9-10-25(23,24)13-17/h1-8,11,17,20H,9-10,12-13H2/t17-/m0/s1. The summed E-state index contributed by atoms with van der Waals surface area (Å²) in [6.07, 6.45) is 0.458. The van der Waals surface area contributed by atoms with Gasteiger partial charge in [0.25, 0.3) is 0 Å². The predicted molar refractivity (Wildman–Crippen MR) is 101 cm³/mol. The van der Waals surface area contributed by atoms with Gasteiger partial charge >= 0.3 is 0 Å². The van der Waals surface area contributed by atoms with Gasteiger partial charge in [0, 0.05) is 16.4 Å². The van der Waals surface area contributed by atoms with Crippen molar-refractivity contribution in [3.05, 3.63) is 59.6 Å². The van der Waals surface area contributed by atoms with E-state index in [1.165, 1.54) is 0 Å². The minimum atomic E-state index is -3.09. The summed E-state index contributed by atoms with van der Waals surface area (Å²) in [4.78, 5) is 14.4. The number of sulfone groups is 1. The molecule has 7 heteroatoms. The summed E-state index contributed by atoms with van der Waals surface area (Å²) >= 11 is 5.95. The Labute approximate surface area is 152 Å². The normalized spacial score (nSPS) is 18.7. The zero-order chi connectivity index (χ0) is 17.9. The van der Waals surface area contributed by atoms with Crippen LogP contribution >= 0.6 is 11.6 Å². The van der Waals surface area contributed by atoms with Gasteiger partial charge in [-0.1, -0.05) is 35.9 Å². The lowest BCUT2D eigenvalue weighted by molar-refractivity contribution is -0.117. The molecule has 0 radical (unpaired) electrons. The van der Waals surface area contributed by atoms with Crippen LogP contribution in [0.2, 0.25) is 5.02 Å². The molecule has 0 saturated carbocycles. The van der Waals surface area contributed by atoms with Gasteiger partial charge in [-0.05, 0) is 36.8 Å². The molecule has 1 aliphatic heterocycles. The topological polar surface area (TPSA) is 66.5 Å². The molecule has 0 spiro atoms. The first-order valence-electron chi connectivity index (χ1n) is 8.01. The molecule has 0 bridgehead atoms. The molecule has 1 N–H and O–H groups in total. The van der Waals surface area contributed by atoms with Gasteiger partial charge in [0.05, 0.1) is 24.1 Å². The molecule has 0 aliphatic carbocycles. The zero-order valence-corrected chi connectivity index (χ0v) is 15.1. The summed E-state index contributed by atoms with van der Waals surface area (Å²) in [6.45, 7) is 0.0613. The first-order chi connectivity index (χ1) is 11.9. The van der Waals surface area contributed by atoms with Crippen LogP contribution in [0.15, 0.2) is 54.6 Å². The molecule has 1 atom stereocenters. The maximum absolute atomic E-state index is 12.8. The number of hydrogen-bond donors (Lipinski definition) is 1. The van der Waals surface area contributed by atoms with Crippen LogP contribution in [0.5, 0.6) is 0 Å². The van der Waals surface area contributed by atoms with E-state index in [9.17, 15) is 13.2 Å². The molecule has 25 heavy (non-hydrogen) atoms. The highest BCUT2D eigenvalue weighted by Gasteiger charge is 2.35. The number of rotatable bonds is 5. The number of carbonyl (C=O) groups excluding carboxylic acids is 1. The first-order valence-corrected chi connectivity index (χ1v) is 10.2. The molecule has 1 aliphatic rings. The molecule has 1 fully saturated rings. The van der Waals surface area contributed by atoms with Crippen LogP contribution < -0.4 is 10.2 Å². The van der Waals surface area contributed by atoms with E-state index in [0.717, 1.165) is 5.69 Å². The second-order valence-electron chi connectivity index (χ2n) is 6.02. The molecular formula is C18H19ClN2O3S. The van der Waals surface area contributed by atoms with Gasteiger partial charge in [-0.25, -0.2) is 8.42 Å². The second-order valence-corrected chi connectivity index (χ2v) is 8.69. The van der Waals surface area contributed by atoms with Crippen molar-refractivity contribution in [1.29, 1.82) is 0 Å². The van der Waals surface area contributed by atoms with E-state index >= 15 is 0 Å². The van der Waals surface area contributed by atoms with Crippen LogP contribution in [0.4, 0.5) is 11.4 Å². The molecule has 1 saturated heterocycles. The lowest BCUT2D eigenvalue weighted by Gasteiger charge is -2.28. The largest absolute Gasteiger partial charge is 0.376 e. The molecule has 2 aromatic rings. The van der Waals surface area contributed by atoms with Crippen LogP contribution in [-0.4, -0.2) is 38.4 Å². The van der Waals surface area contributed by atoms with Gasteiger partial charge in [-0.2, -0.15) is 0 Å². The minimum absolute atomic E-state index is 0.00476. The Bertz CT molecular complexity index is 856. The second kappa shape index (κ2) is 7.45. The molecule has 0 unspecified atom stereocenters. The van der Waals surface area contributed by atoms with Crippen LogP contribution in [0.25, 0.3) is 0 Å². The Kier molecular flexibility index (Phi) is 5.30. The lowest BCUT2D eigenvalue weighted by Crippen LogP contribution is -2.44. The molecular weight excluding hydrogens is 360 g/mol. The first kappa shape index (κ1) is 17.8. The van der Waals surface area contributed by atoms with E-state index < -0.39 is 9.84 Å². The molecule has 132 valence electrons. The third kappa shape index (κ3) is 4.52. The average Bonchev–Trinajstić information content (AvgIpc) is 2.94. The maximum Gasteiger partial charge on any atom is 0.246 e. The molecule has 3 rings (SSSR count). The Hall–Kier alpha value is -2.05. The average molecular weight is 379 g/mol. The van der Waals surface area contributed by atoms with Gasteiger partial charge in [0.15, 0.2) is 9.84 Å². The predicted octanol–water partition coefficient (Wildman–Crippen LogP) is 2.97. The highest BCUT2D eigenvalue weighted by molar-refractivity contribution is 7.91. The fourth-order valence-electron chi connectivity index (χ4n) is 2.99. The number of hydrogen-bond acceptors (Lipinski definition) is 4. The van der Waals surface area contributed by atoms with E-state index in [4.69, 9.17) is 11.6 Å². The van der Waals surface area contributed by atoms with Gasteiger partial charge in [-0.3, -0.25) is 4.79 Å². The molecule has 1 amide bonds. The highest BCUT2D eigenvalue weighted by Crippen LogP contribution is 2.25. The lowest BCUT2D eigenvalue weighted by atomic mass is 10.1. The summed E-state index contributed by atoms with van der Waals surface area (Å²) < 4.78 is 23.7. The number of benzene rings is 2. The van der Waals surface area contributed by atoms with Crippen molar-refractivity contribution in [3.8, 4) is 0 Å². The quantitative estimate of drug-likeness (QED) is 0.868. The van der Waals surface area contributed by atoms with E-state index in [1.807, 2.05) is 36.4 Å². The maximum atomic E-state index is 12.8. The third-order valence-corrected chi connectivity index (χ3v) is 6.13. The fraction of sp³-hybridized carbons (Fsp3) is 0.278. The number of amides is 1. The summed E-state index contributed by atoms with van der Waals surface area (Å²) in [5.74, 6) is -0.0471. The van der Waals surface area contributed by atoms with Crippen molar-refractivity contribution >= 4 is 38.7 Å². The summed E-state index contributed by atoms with van der Waals surface area (Å²) in [5, 5.41) is 3.64. The van der Waals surface area contributed by atoms with Gasteiger partial charge in [0.2, 0.25) is 5.91 Å². The van der Waals surface area contributed by atoms with Crippen LogP contribution in [0.1, 0.15) is 6.42 Å². The number of para-hydroxylation sites is 1. The number of halogens is 1. The Balaban J connectivity index is 1.78. The molecule has 5 nitrogen and oxygen atoms in total. The fourth-order valence-corrected chi connectivity index (χ4v) is 4.88. The molecule has 0 aromatic heterocycles. The smallest absolute Gasteiger partial charge is 0.246 e. The van der Waals surface area contributed by atoms with Crippen molar-refractivity contribution in [3.63, 3.8) is 0 Å². The summed E-state index contributed by atoms with van der Waals surface area (Å²) in [6, 6.07) is 16.0.